The predicted molar refractivity (Wildman–Crippen MR) is 78.1 cm³/mol. The van der Waals surface area contributed by atoms with Crippen molar-refractivity contribution in [2.45, 2.75) is 18.7 Å². The summed E-state index contributed by atoms with van der Waals surface area (Å²) < 4.78 is 29.1. The zero-order valence-electron chi connectivity index (χ0n) is 9.91. The van der Waals surface area contributed by atoms with E-state index in [-0.39, 0.29) is 4.90 Å². The molecule has 2 N–H and O–H groups in total. The van der Waals surface area contributed by atoms with Gasteiger partial charge in [0.05, 0.1) is 13.8 Å². The van der Waals surface area contributed by atoms with Gasteiger partial charge in [-0.25, -0.2) is 13.6 Å². The summed E-state index contributed by atoms with van der Waals surface area (Å²) in [6.07, 6.45) is 1.92. The van der Waals surface area contributed by atoms with Crippen molar-refractivity contribution in [3.8, 4) is 5.75 Å². The lowest BCUT2D eigenvalue weighted by atomic mass is 10.3. The molecule has 18 heavy (non-hydrogen) atoms. The topological polar surface area (TPSA) is 69.4 Å². The first-order valence-corrected chi connectivity index (χ1v) is 8.13. The predicted octanol–water partition coefficient (Wildman–Crippen LogP) is 3.20. The molecule has 0 aliphatic rings. The van der Waals surface area contributed by atoms with Crippen molar-refractivity contribution < 1.29 is 13.2 Å². The Kier molecular flexibility index (Phi) is 5.39. The van der Waals surface area contributed by atoms with Gasteiger partial charge in [-0.2, -0.15) is 0 Å². The molecule has 100 valence electrons. The maximum absolute atomic E-state index is 11.2. The number of sulfonamides is 1. The minimum atomic E-state index is -3.73. The molecule has 0 aliphatic heterocycles. The molecule has 0 saturated heterocycles. The second kappa shape index (κ2) is 6.18. The fraction of sp³-hybridized carbons (Fsp3) is 0.273. The van der Waals surface area contributed by atoms with E-state index in [0.717, 1.165) is 5.57 Å². The SMILES string of the molecule is CC(C)=CCOc1c(Br)cc(S(N)(=O)=O)cc1Br. The summed E-state index contributed by atoms with van der Waals surface area (Å²) in [5.74, 6) is 0.542. The highest BCUT2D eigenvalue weighted by molar-refractivity contribution is 9.11. The first-order valence-electron chi connectivity index (χ1n) is 5.00. The van der Waals surface area contributed by atoms with Crippen LogP contribution in [0.25, 0.3) is 0 Å². The van der Waals surface area contributed by atoms with Crippen molar-refractivity contribution >= 4 is 41.9 Å². The molecule has 0 bridgehead atoms. The minimum Gasteiger partial charge on any atom is -0.487 e. The fourth-order valence-corrected chi connectivity index (χ4v) is 3.41. The Hall–Kier alpha value is -0.370. The molecule has 1 aromatic rings. The highest BCUT2D eigenvalue weighted by Crippen LogP contribution is 2.35. The van der Waals surface area contributed by atoms with Gasteiger partial charge < -0.3 is 4.74 Å². The summed E-state index contributed by atoms with van der Waals surface area (Å²) in [5.41, 5.74) is 1.14. The lowest BCUT2D eigenvalue weighted by Crippen LogP contribution is -2.12. The second-order valence-electron chi connectivity index (χ2n) is 3.85. The maximum atomic E-state index is 11.2. The average Bonchev–Trinajstić information content (AvgIpc) is 2.20. The molecule has 1 rings (SSSR count). The minimum absolute atomic E-state index is 0.0239. The van der Waals surface area contributed by atoms with Crippen molar-refractivity contribution in [2.75, 3.05) is 6.61 Å². The van der Waals surface area contributed by atoms with Crippen molar-refractivity contribution in [1.82, 2.24) is 0 Å². The molecule has 0 heterocycles. The van der Waals surface area contributed by atoms with Gasteiger partial charge in [0, 0.05) is 0 Å². The number of halogens is 2. The van der Waals surface area contributed by atoms with Crippen LogP contribution < -0.4 is 9.88 Å². The lowest BCUT2D eigenvalue weighted by Gasteiger charge is -2.10. The summed E-state index contributed by atoms with van der Waals surface area (Å²) in [7, 11) is -3.73. The van der Waals surface area contributed by atoms with E-state index in [9.17, 15) is 8.42 Å². The Balaban J connectivity index is 3.06. The number of hydrogen-bond acceptors (Lipinski definition) is 3. The van der Waals surface area contributed by atoms with E-state index < -0.39 is 10.0 Å². The summed E-state index contributed by atoms with van der Waals surface area (Å²) in [5, 5.41) is 5.06. The molecule has 1 aromatic carbocycles. The van der Waals surface area contributed by atoms with Crippen LogP contribution in [0.15, 0.2) is 37.6 Å². The third kappa shape index (κ3) is 4.38. The number of benzene rings is 1. The summed E-state index contributed by atoms with van der Waals surface area (Å²) in [4.78, 5) is 0.0239. The van der Waals surface area contributed by atoms with Crippen LogP contribution >= 0.6 is 31.9 Å². The molecule has 0 aliphatic carbocycles. The molecule has 7 heteroatoms. The molecule has 0 amide bonds. The van der Waals surface area contributed by atoms with Gasteiger partial charge >= 0.3 is 0 Å². The van der Waals surface area contributed by atoms with E-state index in [0.29, 0.717) is 21.3 Å². The van der Waals surface area contributed by atoms with Crippen molar-refractivity contribution in [2.24, 2.45) is 5.14 Å². The summed E-state index contributed by atoms with van der Waals surface area (Å²) in [6, 6.07) is 2.83. The van der Waals surface area contributed by atoms with Gasteiger partial charge in [-0.1, -0.05) is 5.57 Å². The van der Waals surface area contributed by atoms with Crippen molar-refractivity contribution in [3.05, 3.63) is 32.7 Å². The average molecular weight is 399 g/mol. The molecule has 0 fully saturated rings. The van der Waals surface area contributed by atoms with E-state index in [1.165, 1.54) is 12.1 Å². The Morgan fingerprint density at radius 1 is 1.33 bits per heavy atom. The molecule has 0 saturated carbocycles. The first-order chi connectivity index (χ1) is 8.21. The van der Waals surface area contributed by atoms with Gasteiger partial charge in [0.15, 0.2) is 0 Å². The van der Waals surface area contributed by atoms with E-state index in [2.05, 4.69) is 31.9 Å². The number of nitrogens with two attached hydrogens (primary N) is 1. The van der Waals surface area contributed by atoms with E-state index in [4.69, 9.17) is 9.88 Å². The van der Waals surface area contributed by atoms with Gasteiger partial charge in [0.25, 0.3) is 0 Å². The number of allylic oxidation sites excluding steroid dienone is 1. The third-order valence-electron chi connectivity index (χ3n) is 2.02. The van der Waals surface area contributed by atoms with Gasteiger partial charge in [-0.15, -0.1) is 0 Å². The lowest BCUT2D eigenvalue weighted by molar-refractivity contribution is 0.357. The first kappa shape index (κ1) is 15.7. The number of ether oxygens (including phenoxy) is 1. The Morgan fingerprint density at radius 2 is 1.83 bits per heavy atom. The van der Waals surface area contributed by atoms with Crippen molar-refractivity contribution in [3.63, 3.8) is 0 Å². The van der Waals surface area contributed by atoms with Crippen molar-refractivity contribution in [1.29, 1.82) is 0 Å². The molecule has 0 atom stereocenters. The van der Waals surface area contributed by atoms with Gasteiger partial charge in [-0.3, -0.25) is 0 Å². The van der Waals surface area contributed by atoms with E-state index in [1.807, 2.05) is 19.9 Å². The quantitative estimate of drug-likeness (QED) is 0.791. The molecule has 0 radical (unpaired) electrons. The van der Waals surface area contributed by atoms with Crippen LogP contribution in [0.3, 0.4) is 0 Å². The van der Waals surface area contributed by atoms with Crippen LogP contribution in [-0.2, 0) is 10.0 Å². The van der Waals surface area contributed by atoms with Crippen LogP contribution in [0, 0.1) is 0 Å². The zero-order chi connectivity index (χ0) is 13.9. The van der Waals surface area contributed by atoms with Crippen LogP contribution in [0.2, 0.25) is 0 Å². The normalized spacial score (nSPS) is 11.2. The highest BCUT2D eigenvalue weighted by Gasteiger charge is 2.14. The van der Waals surface area contributed by atoms with Gasteiger partial charge in [-0.05, 0) is 63.9 Å². The van der Waals surface area contributed by atoms with Gasteiger partial charge in [0.2, 0.25) is 10.0 Å². The Labute approximate surface area is 124 Å². The maximum Gasteiger partial charge on any atom is 0.238 e. The highest BCUT2D eigenvalue weighted by atomic mass is 79.9. The van der Waals surface area contributed by atoms with E-state index >= 15 is 0 Å². The number of hydrogen-bond donors (Lipinski definition) is 1. The molecule has 0 spiro atoms. The van der Waals surface area contributed by atoms with Gasteiger partial charge in [0.1, 0.15) is 12.4 Å². The smallest absolute Gasteiger partial charge is 0.238 e. The number of primary sulfonamides is 1. The summed E-state index contributed by atoms with van der Waals surface area (Å²) in [6.45, 7) is 4.35. The molecule has 0 unspecified atom stereocenters. The van der Waals surface area contributed by atoms with Crippen LogP contribution in [0.4, 0.5) is 0 Å². The van der Waals surface area contributed by atoms with Crippen LogP contribution in [0.1, 0.15) is 13.8 Å². The zero-order valence-corrected chi connectivity index (χ0v) is 13.9. The fourth-order valence-electron chi connectivity index (χ4n) is 1.13. The standard InChI is InChI=1S/C11H13Br2NO3S/c1-7(2)3-4-17-11-9(12)5-8(6-10(11)13)18(14,15)16/h3,5-6H,4H2,1-2H3,(H2,14,15,16). The van der Waals surface area contributed by atoms with E-state index in [1.54, 1.807) is 0 Å². The van der Waals surface area contributed by atoms with Crippen LogP contribution in [0.5, 0.6) is 5.75 Å². The second-order valence-corrected chi connectivity index (χ2v) is 7.12. The number of rotatable bonds is 4. The Bertz CT molecular complexity index is 555. The molecular formula is C11H13Br2NO3S. The third-order valence-corrected chi connectivity index (χ3v) is 4.09. The Morgan fingerprint density at radius 3 is 2.22 bits per heavy atom. The largest absolute Gasteiger partial charge is 0.487 e. The monoisotopic (exact) mass is 397 g/mol. The van der Waals surface area contributed by atoms with Crippen LogP contribution in [-0.4, -0.2) is 15.0 Å². The molecule has 4 nitrogen and oxygen atoms in total. The molecule has 0 aromatic heterocycles. The molecular weight excluding hydrogens is 386 g/mol. The summed E-state index contributed by atoms with van der Waals surface area (Å²) >= 11 is 6.52.